The fourth-order valence-corrected chi connectivity index (χ4v) is 1.92. The summed E-state index contributed by atoms with van der Waals surface area (Å²) in [6, 6.07) is 1.46. The van der Waals surface area contributed by atoms with E-state index in [2.05, 4.69) is 0 Å². The topological polar surface area (TPSA) is 75.5 Å². The van der Waals surface area contributed by atoms with Gasteiger partial charge in [0, 0.05) is 0 Å². The summed E-state index contributed by atoms with van der Waals surface area (Å²) in [6.07, 6.45) is 0. The third-order valence-corrected chi connectivity index (χ3v) is 2.58. The zero-order valence-electron chi connectivity index (χ0n) is 10.1. The zero-order chi connectivity index (χ0) is 13.4. The van der Waals surface area contributed by atoms with Gasteiger partial charge in [0.25, 0.3) is 0 Å². The average molecular weight is 262 g/mol. The van der Waals surface area contributed by atoms with Crippen molar-refractivity contribution in [1.82, 2.24) is 0 Å². The Kier molecular flexibility index (Phi) is 3.86. The molecule has 6 heteroatoms. The van der Waals surface area contributed by atoms with Gasteiger partial charge in [0.1, 0.15) is 10.8 Å². The summed E-state index contributed by atoms with van der Waals surface area (Å²) >= 11 is 5.87. The maximum atomic E-state index is 13.6. The number of hydrogen-bond acceptors (Lipinski definition) is 4. The summed E-state index contributed by atoms with van der Waals surface area (Å²) in [5.41, 5.74) is 5.55. The molecule has 0 fully saturated rings. The lowest BCUT2D eigenvalue weighted by atomic mass is 10.1. The van der Waals surface area contributed by atoms with Gasteiger partial charge in [-0.25, -0.2) is 10.2 Å². The van der Waals surface area contributed by atoms with Gasteiger partial charge >= 0.3 is 0 Å². The molecule has 17 heavy (non-hydrogen) atoms. The minimum absolute atomic E-state index is 0.0828. The largest absolute Gasteiger partial charge is 0.397 e. The van der Waals surface area contributed by atoms with Crippen LogP contribution in [0.15, 0.2) is 6.07 Å². The molecule has 0 bridgehead atoms. The summed E-state index contributed by atoms with van der Waals surface area (Å²) in [6.45, 7) is 4.82. The summed E-state index contributed by atoms with van der Waals surface area (Å²) in [7, 11) is 0. The molecule has 96 valence electrons. The van der Waals surface area contributed by atoms with Crippen molar-refractivity contribution in [2.75, 3.05) is 17.3 Å². The van der Waals surface area contributed by atoms with E-state index in [1.807, 2.05) is 0 Å². The quantitative estimate of drug-likeness (QED) is 0.441. The predicted octanol–water partition coefficient (Wildman–Crippen LogP) is 1.82. The van der Waals surface area contributed by atoms with Crippen LogP contribution in [0.4, 0.5) is 15.8 Å². The molecule has 0 aromatic heterocycles. The number of nitrogen functional groups attached to an aromatic ring is 1. The Hall–Kier alpha value is -1.04. The molecular weight excluding hydrogens is 245 g/mol. The smallest absolute Gasteiger partial charge is 0.147 e. The van der Waals surface area contributed by atoms with Crippen molar-refractivity contribution < 1.29 is 9.50 Å². The Morgan fingerprint density at radius 2 is 2.06 bits per heavy atom. The van der Waals surface area contributed by atoms with E-state index >= 15 is 0 Å². The first-order valence-corrected chi connectivity index (χ1v) is 5.50. The van der Waals surface area contributed by atoms with Crippen LogP contribution in [-0.2, 0) is 0 Å². The molecule has 0 aliphatic carbocycles. The normalized spacial score (nSPS) is 11.7. The summed E-state index contributed by atoms with van der Waals surface area (Å²) in [5, 5.41) is 10.7. The highest BCUT2D eigenvalue weighted by atomic mass is 35.5. The number of aliphatic hydroxyl groups is 1. The van der Waals surface area contributed by atoms with Crippen molar-refractivity contribution in [3.05, 3.63) is 22.5 Å². The Morgan fingerprint density at radius 1 is 1.53 bits per heavy atom. The molecule has 0 amide bonds. The first-order valence-electron chi connectivity index (χ1n) is 5.12. The standard InChI is InChI=1S/C11H17ClFN3O/c1-6-4-7(14)10(8(12)9(6)13)16(15)5-11(2,3)17/h4,17H,5,14-15H2,1-3H3. The molecule has 0 atom stereocenters. The van der Waals surface area contributed by atoms with Crippen LogP contribution in [0, 0.1) is 12.7 Å². The molecule has 0 spiro atoms. The molecule has 0 unspecified atom stereocenters. The lowest BCUT2D eigenvalue weighted by molar-refractivity contribution is 0.0874. The van der Waals surface area contributed by atoms with E-state index in [9.17, 15) is 9.50 Å². The molecule has 4 nitrogen and oxygen atoms in total. The van der Waals surface area contributed by atoms with Crippen LogP contribution in [0.25, 0.3) is 0 Å². The number of hydrazine groups is 1. The number of nitrogens with zero attached hydrogens (tertiary/aromatic N) is 1. The van der Waals surface area contributed by atoms with Gasteiger partial charge in [0.2, 0.25) is 0 Å². The number of anilines is 2. The van der Waals surface area contributed by atoms with Crippen molar-refractivity contribution in [3.8, 4) is 0 Å². The van der Waals surface area contributed by atoms with Crippen molar-refractivity contribution in [2.24, 2.45) is 5.84 Å². The number of halogens is 2. The molecule has 1 rings (SSSR count). The Bertz CT molecular complexity index is 432. The highest BCUT2D eigenvalue weighted by Crippen LogP contribution is 2.35. The minimum atomic E-state index is -1.04. The van der Waals surface area contributed by atoms with E-state index in [4.69, 9.17) is 23.2 Å². The first-order chi connectivity index (χ1) is 7.63. The monoisotopic (exact) mass is 261 g/mol. The summed E-state index contributed by atoms with van der Waals surface area (Å²) in [5.74, 6) is 5.19. The third kappa shape index (κ3) is 3.21. The SMILES string of the molecule is Cc1cc(N)c(N(N)CC(C)(C)O)c(Cl)c1F. The van der Waals surface area contributed by atoms with Crippen LogP contribution in [0.2, 0.25) is 5.02 Å². The molecule has 0 radical (unpaired) electrons. The van der Waals surface area contributed by atoms with Gasteiger partial charge < -0.3 is 15.8 Å². The van der Waals surface area contributed by atoms with Crippen LogP contribution in [0.3, 0.4) is 0 Å². The Balaban J connectivity index is 3.18. The molecule has 0 saturated heterocycles. The van der Waals surface area contributed by atoms with Gasteiger partial charge in [-0.3, -0.25) is 0 Å². The van der Waals surface area contributed by atoms with Crippen molar-refractivity contribution in [1.29, 1.82) is 0 Å². The second-order valence-electron chi connectivity index (χ2n) is 4.70. The Labute approximate surface area is 105 Å². The average Bonchev–Trinajstić information content (AvgIpc) is 2.11. The minimum Gasteiger partial charge on any atom is -0.397 e. The summed E-state index contributed by atoms with van der Waals surface area (Å²) < 4.78 is 13.6. The number of hydrogen-bond donors (Lipinski definition) is 3. The second kappa shape index (κ2) is 4.68. The van der Waals surface area contributed by atoms with Gasteiger partial charge in [-0.05, 0) is 32.4 Å². The van der Waals surface area contributed by atoms with Gasteiger partial charge in [-0.1, -0.05) is 11.6 Å². The number of nitrogens with two attached hydrogens (primary N) is 2. The molecule has 1 aromatic carbocycles. The van der Waals surface area contributed by atoms with Gasteiger partial charge in [0.15, 0.2) is 0 Å². The molecule has 5 N–H and O–H groups in total. The van der Waals surface area contributed by atoms with Gasteiger partial charge in [-0.15, -0.1) is 0 Å². The number of benzene rings is 1. The third-order valence-electron chi connectivity index (χ3n) is 2.24. The maximum absolute atomic E-state index is 13.6. The van der Waals surface area contributed by atoms with Crippen molar-refractivity contribution >= 4 is 23.0 Å². The highest BCUT2D eigenvalue weighted by Gasteiger charge is 2.22. The van der Waals surface area contributed by atoms with Crippen LogP contribution >= 0.6 is 11.6 Å². The van der Waals surface area contributed by atoms with Gasteiger partial charge in [0.05, 0.1) is 23.5 Å². The second-order valence-corrected chi connectivity index (χ2v) is 5.08. The molecule has 0 aliphatic rings. The number of aryl methyl sites for hydroxylation is 1. The van der Waals surface area contributed by atoms with E-state index in [1.165, 1.54) is 6.07 Å². The molecule has 1 aromatic rings. The van der Waals surface area contributed by atoms with Crippen LogP contribution in [0.1, 0.15) is 19.4 Å². The number of rotatable bonds is 3. The molecular formula is C11H17ClFN3O. The highest BCUT2D eigenvalue weighted by molar-refractivity contribution is 6.34. The van der Waals surface area contributed by atoms with E-state index in [-0.39, 0.29) is 22.9 Å². The molecule has 0 heterocycles. The Morgan fingerprint density at radius 3 is 2.53 bits per heavy atom. The lowest BCUT2D eigenvalue weighted by Crippen LogP contribution is -2.43. The van der Waals surface area contributed by atoms with Crippen LogP contribution in [-0.4, -0.2) is 17.3 Å². The maximum Gasteiger partial charge on any atom is 0.147 e. The summed E-state index contributed by atoms with van der Waals surface area (Å²) in [4.78, 5) is 0. The van der Waals surface area contributed by atoms with E-state index < -0.39 is 11.4 Å². The van der Waals surface area contributed by atoms with Crippen molar-refractivity contribution in [2.45, 2.75) is 26.4 Å². The zero-order valence-corrected chi connectivity index (χ0v) is 10.8. The predicted molar refractivity (Wildman–Crippen MR) is 68.4 cm³/mol. The van der Waals surface area contributed by atoms with Crippen LogP contribution in [0.5, 0.6) is 0 Å². The molecule has 0 aliphatic heterocycles. The van der Waals surface area contributed by atoms with Crippen LogP contribution < -0.4 is 16.6 Å². The van der Waals surface area contributed by atoms with Gasteiger partial charge in [-0.2, -0.15) is 0 Å². The fourth-order valence-electron chi connectivity index (χ4n) is 1.56. The van der Waals surface area contributed by atoms with E-state index in [0.717, 1.165) is 5.01 Å². The molecule has 0 saturated carbocycles. The van der Waals surface area contributed by atoms with E-state index in [1.54, 1.807) is 20.8 Å². The lowest BCUT2D eigenvalue weighted by Gasteiger charge is -2.28. The van der Waals surface area contributed by atoms with E-state index in [0.29, 0.717) is 5.56 Å². The first kappa shape index (κ1) is 14.0. The van der Waals surface area contributed by atoms with Crippen molar-refractivity contribution in [3.63, 3.8) is 0 Å². The fraction of sp³-hybridized carbons (Fsp3) is 0.455.